The van der Waals surface area contributed by atoms with E-state index in [2.05, 4.69) is 0 Å². The number of fused-ring (bicyclic) bond motifs is 1. The zero-order valence-electron chi connectivity index (χ0n) is 6.86. The fraction of sp³-hybridized carbons (Fsp3) is 0.100. The van der Waals surface area contributed by atoms with Crippen LogP contribution in [-0.4, -0.2) is 16.7 Å². The molecule has 0 aromatic heterocycles. The topological polar surface area (TPSA) is 37.4 Å². The lowest BCUT2D eigenvalue weighted by Gasteiger charge is -2.04. The van der Waals surface area contributed by atoms with Crippen LogP contribution in [0.3, 0.4) is 0 Å². The number of hydrogen-bond acceptors (Lipinski definition) is 2. The lowest BCUT2D eigenvalue weighted by molar-refractivity contribution is 0.0843. The second kappa shape index (κ2) is 2.88. The minimum Gasteiger partial charge on any atom is -0.300 e. The average Bonchev–Trinajstić information content (AvgIpc) is 2.46. The minimum absolute atomic E-state index is 0.126. The maximum Gasteiger partial charge on any atom is 0.259 e. The van der Waals surface area contributed by atoms with Crippen molar-refractivity contribution in [2.75, 3.05) is 0 Å². The Hall–Kier alpha value is -1.86. The molecule has 2 rings (SSSR count). The first kappa shape index (κ1) is 7.77. The largest absolute Gasteiger partial charge is 0.300 e. The lowest BCUT2D eigenvalue weighted by atomic mass is 10.1. The van der Waals surface area contributed by atoms with Crippen LogP contribution in [0.5, 0.6) is 0 Å². The predicted octanol–water partition coefficient (Wildman–Crippen LogP) is 0.988. The molecule has 0 aliphatic carbocycles. The van der Waals surface area contributed by atoms with E-state index in [0.29, 0.717) is 12.1 Å². The Balaban J connectivity index is 2.43. The third-order valence-corrected chi connectivity index (χ3v) is 2.06. The SMILES string of the molecule is O=C=CN1Cc2ccccc2C1=O. The van der Waals surface area contributed by atoms with Crippen molar-refractivity contribution in [2.24, 2.45) is 0 Å². The molecule has 1 aliphatic heterocycles. The summed E-state index contributed by atoms with van der Waals surface area (Å²) >= 11 is 0. The van der Waals surface area contributed by atoms with E-state index in [1.807, 2.05) is 18.2 Å². The summed E-state index contributed by atoms with van der Waals surface area (Å²) in [7, 11) is 0. The summed E-state index contributed by atoms with van der Waals surface area (Å²) in [5, 5.41) is 0. The third kappa shape index (κ3) is 1.15. The summed E-state index contributed by atoms with van der Waals surface area (Å²) in [5.74, 6) is 1.48. The number of amides is 1. The summed E-state index contributed by atoms with van der Waals surface area (Å²) in [6, 6.07) is 7.33. The monoisotopic (exact) mass is 173 g/mol. The molecule has 3 nitrogen and oxygen atoms in total. The highest BCUT2D eigenvalue weighted by atomic mass is 16.2. The first-order valence-electron chi connectivity index (χ1n) is 3.93. The predicted molar refractivity (Wildman–Crippen MR) is 46.6 cm³/mol. The number of nitrogens with zero attached hydrogens (tertiary/aromatic N) is 1. The zero-order chi connectivity index (χ0) is 9.26. The summed E-state index contributed by atoms with van der Waals surface area (Å²) in [6.07, 6.45) is 1.14. The molecule has 1 aromatic rings. The number of hydrogen-bond donors (Lipinski definition) is 0. The molecule has 0 radical (unpaired) electrons. The fourth-order valence-corrected chi connectivity index (χ4v) is 1.44. The van der Waals surface area contributed by atoms with Gasteiger partial charge in [-0.3, -0.25) is 4.79 Å². The molecular weight excluding hydrogens is 166 g/mol. The van der Waals surface area contributed by atoms with Gasteiger partial charge in [-0.1, -0.05) is 18.2 Å². The van der Waals surface area contributed by atoms with Crippen molar-refractivity contribution in [3.63, 3.8) is 0 Å². The van der Waals surface area contributed by atoms with Gasteiger partial charge in [-0.15, -0.1) is 0 Å². The van der Waals surface area contributed by atoms with Crippen molar-refractivity contribution in [3.8, 4) is 0 Å². The van der Waals surface area contributed by atoms with E-state index in [9.17, 15) is 9.59 Å². The highest BCUT2D eigenvalue weighted by molar-refractivity contribution is 5.99. The van der Waals surface area contributed by atoms with Crippen LogP contribution >= 0.6 is 0 Å². The molecule has 1 amide bonds. The molecule has 1 heterocycles. The van der Waals surface area contributed by atoms with Crippen molar-refractivity contribution in [1.29, 1.82) is 0 Å². The van der Waals surface area contributed by atoms with Gasteiger partial charge in [-0.2, -0.15) is 0 Å². The highest BCUT2D eigenvalue weighted by Crippen LogP contribution is 2.21. The van der Waals surface area contributed by atoms with Crippen molar-refractivity contribution in [2.45, 2.75) is 6.54 Å². The third-order valence-electron chi connectivity index (χ3n) is 2.06. The van der Waals surface area contributed by atoms with Gasteiger partial charge in [-0.25, -0.2) is 4.79 Å². The molecule has 13 heavy (non-hydrogen) atoms. The Bertz CT molecular complexity index is 405. The van der Waals surface area contributed by atoms with Crippen LogP contribution < -0.4 is 0 Å². The fourth-order valence-electron chi connectivity index (χ4n) is 1.44. The second-order valence-electron chi connectivity index (χ2n) is 2.84. The van der Waals surface area contributed by atoms with Gasteiger partial charge in [0.15, 0.2) is 0 Å². The Morgan fingerprint density at radius 2 is 2.15 bits per heavy atom. The van der Waals surface area contributed by atoms with Gasteiger partial charge in [0.2, 0.25) is 0 Å². The number of rotatable bonds is 1. The smallest absolute Gasteiger partial charge is 0.259 e. The van der Waals surface area contributed by atoms with Crippen LogP contribution in [0.15, 0.2) is 30.5 Å². The quantitative estimate of drug-likeness (QED) is 0.594. The highest BCUT2D eigenvalue weighted by Gasteiger charge is 2.24. The van der Waals surface area contributed by atoms with E-state index < -0.39 is 0 Å². The lowest BCUT2D eigenvalue weighted by Crippen LogP contribution is -2.16. The molecule has 1 aromatic carbocycles. The number of benzene rings is 1. The molecule has 0 saturated carbocycles. The molecule has 0 fully saturated rings. The Labute approximate surface area is 75.3 Å². The van der Waals surface area contributed by atoms with Crippen LogP contribution in [0.4, 0.5) is 0 Å². The van der Waals surface area contributed by atoms with E-state index >= 15 is 0 Å². The average molecular weight is 173 g/mol. The number of carbonyl (C=O) groups excluding carboxylic acids is 2. The van der Waals surface area contributed by atoms with Crippen molar-refractivity contribution in [1.82, 2.24) is 4.90 Å². The Kier molecular flexibility index (Phi) is 1.72. The van der Waals surface area contributed by atoms with E-state index in [1.165, 1.54) is 4.90 Å². The summed E-state index contributed by atoms with van der Waals surface area (Å²) in [4.78, 5) is 22.9. The van der Waals surface area contributed by atoms with Gasteiger partial charge in [0.05, 0.1) is 12.7 Å². The minimum atomic E-state index is -0.126. The molecule has 0 atom stereocenters. The second-order valence-corrected chi connectivity index (χ2v) is 2.84. The van der Waals surface area contributed by atoms with Crippen molar-refractivity contribution < 1.29 is 9.59 Å². The Morgan fingerprint density at radius 1 is 1.38 bits per heavy atom. The summed E-state index contributed by atoms with van der Waals surface area (Å²) in [6.45, 7) is 0.476. The van der Waals surface area contributed by atoms with E-state index in [-0.39, 0.29) is 5.91 Å². The standard InChI is InChI=1S/C10H7NO2/c12-6-5-11-7-8-3-1-2-4-9(8)10(11)13/h1-5H,7H2. The van der Waals surface area contributed by atoms with Crippen LogP contribution in [0.2, 0.25) is 0 Å². The normalized spacial score (nSPS) is 13.8. The van der Waals surface area contributed by atoms with Gasteiger partial charge >= 0.3 is 0 Å². The van der Waals surface area contributed by atoms with E-state index in [0.717, 1.165) is 11.8 Å². The van der Waals surface area contributed by atoms with Crippen LogP contribution in [-0.2, 0) is 11.3 Å². The molecule has 0 bridgehead atoms. The molecule has 0 saturated heterocycles. The first-order chi connectivity index (χ1) is 6.33. The maximum atomic E-state index is 11.5. The molecule has 64 valence electrons. The molecule has 3 heteroatoms. The van der Waals surface area contributed by atoms with Crippen LogP contribution in [0, 0.1) is 0 Å². The van der Waals surface area contributed by atoms with Gasteiger partial charge in [0.1, 0.15) is 5.94 Å². The summed E-state index contributed by atoms with van der Waals surface area (Å²) < 4.78 is 0. The van der Waals surface area contributed by atoms with E-state index in [1.54, 1.807) is 12.0 Å². The van der Waals surface area contributed by atoms with Crippen molar-refractivity contribution in [3.05, 3.63) is 41.6 Å². The van der Waals surface area contributed by atoms with E-state index in [4.69, 9.17) is 0 Å². The molecule has 0 N–H and O–H groups in total. The van der Waals surface area contributed by atoms with Gasteiger partial charge < -0.3 is 4.90 Å². The molecule has 1 aliphatic rings. The maximum absolute atomic E-state index is 11.5. The molecule has 0 spiro atoms. The van der Waals surface area contributed by atoms with Crippen LogP contribution in [0.25, 0.3) is 0 Å². The Morgan fingerprint density at radius 3 is 2.85 bits per heavy atom. The van der Waals surface area contributed by atoms with Gasteiger partial charge in [0.25, 0.3) is 5.91 Å². The van der Waals surface area contributed by atoms with Gasteiger partial charge in [0, 0.05) is 5.56 Å². The van der Waals surface area contributed by atoms with Crippen molar-refractivity contribution >= 4 is 11.8 Å². The molecular formula is C10H7NO2. The van der Waals surface area contributed by atoms with Gasteiger partial charge in [-0.05, 0) is 11.6 Å². The first-order valence-corrected chi connectivity index (χ1v) is 3.93. The number of carbonyl (C=O) groups is 1. The zero-order valence-corrected chi connectivity index (χ0v) is 6.86. The molecule has 0 unspecified atom stereocenters. The van der Waals surface area contributed by atoms with Crippen LogP contribution in [0.1, 0.15) is 15.9 Å². The summed E-state index contributed by atoms with van der Waals surface area (Å²) in [5.41, 5.74) is 1.63.